The van der Waals surface area contributed by atoms with Crippen molar-refractivity contribution >= 4 is 21.7 Å². The number of hydrogen-bond acceptors (Lipinski definition) is 7. The van der Waals surface area contributed by atoms with Crippen LogP contribution >= 0.6 is 0 Å². The fraction of sp³-hybridized carbons (Fsp3) is 0.414. The molecule has 1 saturated heterocycles. The van der Waals surface area contributed by atoms with Crippen molar-refractivity contribution < 1.29 is 44.3 Å². The van der Waals surface area contributed by atoms with Gasteiger partial charge < -0.3 is 14.5 Å². The normalized spacial score (nSPS) is 19.2. The van der Waals surface area contributed by atoms with Crippen molar-refractivity contribution in [3.05, 3.63) is 70.3 Å². The van der Waals surface area contributed by atoms with Crippen LogP contribution in [0.4, 0.5) is 32.3 Å². The number of carbonyl (C=O) groups excluding carboxylic acids is 1. The van der Waals surface area contributed by atoms with Crippen LogP contribution in [-0.2, 0) is 28.7 Å². The van der Waals surface area contributed by atoms with E-state index in [0.717, 1.165) is 5.56 Å². The Hall–Kier alpha value is -3.88. The summed E-state index contributed by atoms with van der Waals surface area (Å²) in [5.41, 5.74) is -1.99. The molecule has 1 amide bonds. The first-order valence-electron chi connectivity index (χ1n) is 13.7. The van der Waals surface area contributed by atoms with Crippen LogP contribution in [0.3, 0.4) is 0 Å². The predicted octanol–water partition coefficient (Wildman–Crippen LogP) is 5.40. The molecule has 1 aromatic heterocycles. The number of benzene rings is 2. The Bertz CT molecular complexity index is 1650. The molecule has 5 rings (SSSR count). The van der Waals surface area contributed by atoms with Crippen molar-refractivity contribution in [2.45, 2.75) is 32.7 Å². The lowest BCUT2D eigenvalue weighted by Crippen LogP contribution is -2.42. The predicted molar refractivity (Wildman–Crippen MR) is 149 cm³/mol. The maximum absolute atomic E-state index is 14.2. The minimum atomic E-state index is -5.04. The second kappa shape index (κ2) is 11.6. The Kier molecular flexibility index (Phi) is 8.29. The van der Waals surface area contributed by atoms with Gasteiger partial charge in [0.2, 0.25) is 11.8 Å². The average Bonchev–Trinajstić information content (AvgIpc) is 2.93. The standard InChI is InChI=1S/C29H28F6N4O4S/c1-17-14-39(15-19-11-20(28(30,31)32)13-21(12-19)29(33,34)35)26(40)23-24(22-6-4-3-5-18(22)2)36-27(37-25(23)43-16-17)38-7-9-44(41,42)10-8-38/h3-6,11-13,17H,7-10,14-16H2,1-2H3/t17-/m1/s1. The van der Waals surface area contributed by atoms with E-state index >= 15 is 0 Å². The van der Waals surface area contributed by atoms with Crippen LogP contribution < -0.4 is 9.64 Å². The summed E-state index contributed by atoms with van der Waals surface area (Å²) in [5.74, 6) is -1.31. The van der Waals surface area contributed by atoms with Gasteiger partial charge in [0.15, 0.2) is 9.84 Å². The van der Waals surface area contributed by atoms with Gasteiger partial charge in [-0.25, -0.2) is 13.4 Å². The Morgan fingerprint density at radius 1 is 0.955 bits per heavy atom. The SMILES string of the molecule is Cc1ccccc1-c1nc(N2CCS(=O)(=O)CC2)nc2c1C(=O)N(Cc1cc(C(F)(F)F)cc(C(F)(F)F)c1)C[C@@H](C)CO2. The molecular weight excluding hydrogens is 614 g/mol. The minimum Gasteiger partial charge on any atom is -0.477 e. The lowest BCUT2D eigenvalue weighted by Gasteiger charge is -2.32. The van der Waals surface area contributed by atoms with E-state index in [1.54, 1.807) is 43.0 Å². The second-order valence-electron chi connectivity index (χ2n) is 11.0. The lowest BCUT2D eigenvalue weighted by atomic mass is 9.99. The van der Waals surface area contributed by atoms with Gasteiger partial charge in [-0.1, -0.05) is 31.2 Å². The van der Waals surface area contributed by atoms with Gasteiger partial charge in [-0.3, -0.25) is 4.79 Å². The summed E-state index contributed by atoms with van der Waals surface area (Å²) in [4.78, 5) is 26.2. The number of hydrogen-bond donors (Lipinski definition) is 0. The molecule has 0 saturated carbocycles. The number of aromatic nitrogens is 2. The van der Waals surface area contributed by atoms with E-state index in [9.17, 15) is 39.6 Å². The Morgan fingerprint density at radius 3 is 2.16 bits per heavy atom. The van der Waals surface area contributed by atoms with Crippen LogP contribution in [0.1, 0.15) is 39.5 Å². The third-order valence-corrected chi connectivity index (χ3v) is 9.06. The molecule has 3 aromatic rings. The fourth-order valence-electron chi connectivity index (χ4n) is 5.17. The van der Waals surface area contributed by atoms with E-state index < -0.39 is 45.8 Å². The van der Waals surface area contributed by atoms with Gasteiger partial charge in [0.25, 0.3) is 5.91 Å². The first-order valence-corrected chi connectivity index (χ1v) is 15.5. The molecule has 0 aliphatic carbocycles. The largest absolute Gasteiger partial charge is 0.477 e. The topological polar surface area (TPSA) is 92.7 Å². The molecule has 15 heteroatoms. The third kappa shape index (κ3) is 6.76. The maximum Gasteiger partial charge on any atom is 0.416 e. The molecule has 2 aromatic carbocycles. The Labute approximate surface area is 249 Å². The van der Waals surface area contributed by atoms with Crippen molar-refractivity contribution in [1.82, 2.24) is 14.9 Å². The summed E-state index contributed by atoms with van der Waals surface area (Å²) in [6.45, 7) is 3.18. The van der Waals surface area contributed by atoms with Crippen LogP contribution in [-0.4, -0.2) is 66.9 Å². The van der Waals surface area contributed by atoms with E-state index in [1.165, 1.54) is 4.90 Å². The molecule has 0 N–H and O–H groups in total. The molecular formula is C29H28F6N4O4S. The number of amides is 1. The summed E-state index contributed by atoms with van der Waals surface area (Å²) in [6.07, 6.45) is -10.1. The zero-order valence-corrected chi connectivity index (χ0v) is 24.5. The molecule has 0 unspecified atom stereocenters. The number of alkyl halides is 6. The molecule has 2 aliphatic heterocycles. The van der Waals surface area contributed by atoms with E-state index in [1.807, 2.05) is 0 Å². The van der Waals surface area contributed by atoms with Gasteiger partial charge in [-0.15, -0.1) is 0 Å². The number of rotatable bonds is 4. The van der Waals surface area contributed by atoms with Crippen LogP contribution in [0.2, 0.25) is 0 Å². The number of fused-ring (bicyclic) bond motifs is 1. The van der Waals surface area contributed by atoms with Gasteiger partial charge in [-0.05, 0) is 36.2 Å². The number of carbonyl (C=O) groups is 1. The maximum atomic E-state index is 14.2. The van der Waals surface area contributed by atoms with Crippen molar-refractivity contribution in [3.63, 3.8) is 0 Å². The number of aryl methyl sites for hydroxylation is 1. The molecule has 8 nitrogen and oxygen atoms in total. The highest BCUT2D eigenvalue weighted by Crippen LogP contribution is 2.38. The average molecular weight is 643 g/mol. The number of nitrogens with zero attached hydrogens (tertiary/aromatic N) is 4. The number of ether oxygens (including phenoxy) is 1. The van der Waals surface area contributed by atoms with Crippen LogP contribution in [0, 0.1) is 12.8 Å². The van der Waals surface area contributed by atoms with Crippen molar-refractivity contribution in [1.29, 1.82) is 0 Å². The van der Waals surface area contributed by atoms with Gasteiger partial charge in [0, 0.05) is 37.7 Å². The number of halogens is 6. The van der Waals surface area contributed by atoms with E-state index in [4.69, 9.17) is 4.74 Å². The summed E-state index contributed by atoms with van der Waals surface area (Å²) < 4.78 is 111. The molecule has 236 valence electrons. The van der Waals surface area contributed by atoms with E-state index in [-0.39, 0.29) is 78.4 Å². The molecule has 0 radical (unpaired) electrons. The zero-order chi connectivity index (χ0) is 32.0. The van der Waals surface area contributed by atoms with E-state index in [2.05, 4.69) is 9.97 Å². The van der Waals surface area contributed by atoms with Crippen molar-refractivity contribution in [3.8, 4) is 17.1 Å². The Balaban J connectivity index is 1.63. The molecule has 0 spiro atoms. The second-order valence-corrected chi connectivity index (χ2v) is 13.3. The molecule has 44 heavy (non-hydrogen) atoms. The summed E-state index contributed by atoms with van der Waals surface area (Å²) in [5, 5.41) is 0. The molecule has 3 heterocycles. The van der Waals surface area contributed by atoms with Crippen LogP contribution in [0.25, 0.3) is 11.3 Å². The summed E-state index contributed by atoms with van der Waals surface area (Å²) in [7, 11) is -3.23. The van der Waals surface area contributed by atoms with Gasteiger partial charge >= 0.3 is 12.4 Å². The quantitative estimate of drug-likeness (QED) is 0.352. The van der Waals surface area contributed by atoms with E-state index in [0.29, 0.717) is 17.7 Å². The molecule has 0 bridgehead atoms. The first kappa shape index (κ1) is 31.5. The Morgan fingerprint density at radius 2 is 1.57 bits per heavy atom. The van der Waals surface area contributed by atoms with Crippen molar-refractivity contribution in [2.24, 2.45) is 5.92 Å². The third-order valence-electron chi connectivity index (χ3n) is 7.45. The fourth-order valence-corrected chi connectivity index (χ4v) is 6.37. The first-order chi connectivity index (χ1) is 20.5. The monoisotopic (exact) mass is 642 g/mol. The van der Waals surface area contributed by atoms with Gasteiger partial charge in [0.1, 0.15) is 5.56 Å². The molecule has 2 aliphatic rings. The molecule has 1 fully saturated rings. The summed E-state index contributed by atoms with van der Waals surface area (Å²) >= 11 is 0. The highest BCUT2D eigenvalue weighted by atomic mass is 32.2. The van der Waals surface area contributed by atoms with Crippen LogP contribution in [0.15, 0.2) is 42.5 Å². The van der Waals surface area contributed by atoms with Gasteiger partial charge in [-0.2, -0.15) is 31.3 Å². The highest BCUT2D eigenvalue weighted by molar-refractivity contribution is 7.91. The smallest absolute Gasteiger partial charge is 0.416 e. The zero-order valence-electron chi connectivity index (χ0n) is 23.7. The number of sulfone groups is 1. The van der Waals surface area contributed by atoms with Crippen molar-refractivity contribution in [2.75, 3.05) is 42.6 Å². The minimum absolute atomic E-state index is 0.0329. The van der Waals surface area contributed by atoms with Crippen LogP contribution in [0.5, 0.6) is 5.88 Å². The van der Waals surface area contributed by atoms with Gasteiger partial charge in [0.05, 0.1) is 34.9 Å². The lowest BCUT2D eigenvalue weighted by molar-refractivity contribution is -0.143. The molecule has 1 atom stereocenters. The highest BCUT2D eigenvalue weighted by Gasteiger charge is 2.38. The summed E-state index contributed by atoms with van der Waals surface area (Å²) in [6, 6.07) is 8.25. The number of anilines is 1.